The fourth-order valence-electron chi connectivity index (χ4n) is 8.89. The van der Waals surface area contributed by atoms with Gasteiger partial charge < -0.3 is 9.38 Å². The topological polar surface area (TPSA) is 8.17 Å². The Morgan fingerprint density at radius 2 is 0.935 bits per heavy atom. The van der Waals surface area contributed by atoms with E-state index in [-0.39, 0.29) is 13.6 Å². The number of fused-ring (bicyclic) bond motifs is 9. The molecule has 8 aromatic rings. The zero-order chi connectivity index (χ0) is 29.9. The van der Waals surface area contributed by atoms with Gasteiger partial charge in [-0.15, -0.1) is 0 Å². The van der Waals surface area contributed by atoms with E-state index < -0.39 is 0 Å². The average Bonchev–Trinajstić information content (AvgIpc) is 3.46. The molecule has 210 valence electrons. The van der Waals surface area contributed by atoms with E-state index in [4.69, 9.17) is 0 Å². The Labute approximate surface area is 268 Å². The molecule has 0 saturated heterocycles. The molecule has 11 rings (SSSR count). The largest absolute Gasteiger partial charge is 0.377 e. The molecule has 0 bridgehead atoms. The molecule has 0 atom stereocenters. The van der Waals surface area contributed by atoms with Gasteiger partial charge in [0, 0.05) is 39.0 Å². The van der Waals surface area contributed by atoms with Crippen LogP contribution in [-0.2, 0) is 0 Å². The van der Waals surface area contributed by atoms with E-state index in [0.29, 0.717) is 0 Å². The average molecular weight is 580 g/mol. The van der Waals surface area contributed by atoms with Crippen LogP contribution in [-0.4, -0.2) is 18.1 Å². The molecule has 0 aliphatic carbocycles. The van der Waals surface area contributed by atoms with Crippen LogP contribution >= 0.6 is 0 Å². The summed E-state index contributed by atoms with van der Waals surface area (Å²) in [6.07, 6.45) is 0. The Bertz CT molecular complexity index is 2470. The summed E-state index contributed by atoms with van der Waals surface area (Å²) in [5.74, 6) is 0. The smallest absolute Gasteiger partial charge is 0.329 e. The molecule has 3 aliphatic heterocycles. The van der Waals surface area contributed by atoms with Crippen molar-refractivity contribution in [2.24, 2.45) is 0 Å². The number of hydrogen-bond acceptors (Lipinski definition) is 1. The van der Waals surface area contributed by atoms with Gasteiger partial charge in [0.05, 0.1) is 11.0 Å². The molecule has 0 radical (unpaired) electrons. The first kappa shape index (κ1) is 24.6. The summed E-state index contributed by atoms with van der Waals surface area (Å²) in [6, 6.07) is 58.8. The molecule has 2 nitrogen and oxygen atoms in total. The summed E-state index contributed by atoms with van der Waals surface area (Å²) in [7, 11) is 0. The van der Waals surface area contributed by atoms with Crippen LogP contribution < -0.4 is 32.1 Å². The van der Waals surface area contributed by atoms with Crippen molar-refractivity contribution in [2.45, 2.75) is 0 Å². The molecule has 0 amide bonds. The van der Waals surface area contributed by atoms with Crippen molar-refractivity contribution in [1.29, 1.82) is 0 Å². The van der Waals surface area contributed by atoms with Crippen LogP contribution in [0.1, 0.15) is 0 Å². The van der Waals surface area contributed by atoms with Crippen LogP contribution in [0.15, 0.2) is 158 Å². The first-order valence-electron chi connectivity index (χ1n) is 16.2. The predicted molar refractivity (Wildman–Crippen MR) is 196 cm³/mol. The quantitative estimate of drug-likeness (QED) is 0.212. The third kappa shape index (κ3) is 3.04. The van der Waals surface area contributed by atoms with Crippen molar-refractivity contribution in [1.82, 2.24) is 4.57 Å². The van der Waals surface area contributed by atoms with Gasteiger partial charge in [0.15, 0.2) is 0 Å². The molecule has 0 fully saturated rings. The van der Waals surface area contributed by atoms with Gasteiger partial charge >= 0.3 is 6.85 Å². The van der Waals surface area contributed by atoms with Crippen LogP contribution in [0.2, 0.25) is 0 Å². The van der Waals surface area contributed by atoms with Crippen molar-refractivity contribution >= 4 is 74.1 Å². The second-order valence-corrected chi connectivity index (χ2v) is 12.8. The second kappa shape index (κ2) is 8.93. The summed E-state index contributed by atoms with van der Waals surface area (Å²) in [6.45, 7) is 0.252. The standard InChI is InChI=1S/C42H26B2N2/c1-2-12-28(13-3-1)45-39-23-9-6-16-31(39)34-26-27(24-25-40(34)45)43-37-21-10-17-32-29-14-4-7-19-35(29)44-36-20-8-5-15-30(36)33-18-11-22-38(43)42(33)46(44)41(32)37/h1-26H. The Morgan fingerprint density at radius 1 is 0.391 bits per heavy atom. The maximum Gasteiger partial charge on any atom is 0.329 e. The van der Waals surface area contributed by atoms with E-state index in [1.807, 2.05) is 0 Å². The lowest BCUT2D eigenvalue weighted by molar-refractivity contribution is 1.18. The summed E-state index contributed by atoms with van der Waals surface area (Å²) in [5.41, 5.74) is 18.6. The van der Waals surface area contributed by atoms with Gasteiger partial charge in [-0.3, -0.25) is 0 Å². The van der Waals surface area contributed by atoms with Gasteiger partial charge in [-0.2, -0.15) is 0 Å². The molecule has 0 unspecified atom stereocenters. The highest BCUT2D eigenvalue weighted by Gasteiger charge is 2.48. The maximum absolute atomic E-state index is 2.68. The minimum Gasteiger partial charge on any atom is -0.377 e. The van der Waals surface area contributed by atoms with Gasteiger partial charge in [0.25, 0.3) is 0 Å². The second-order valence-electron chi connectivity index (χ2n) is 12.8. The summed E-state index contributed by atoms with van der Waals surface area (Å²) < 4.78 is 2.41. The van der Waals surface area contributed by atoms with Gasteiger partial charge in [0.2, 0.25) is 6.71 Å². The summed E-state index contributed by atoms with van der Waals surface area (Å²) in [5, 5.41) is 2.58. The summed E-state index contributed by atoms with van der Waals surface area (Å²) in [4.78, 5) is 2.68. The molecule has 7 aromatic carbocycles. The van der Waals surface area contributed by atoms with Crippen LogP contribution in [0.25, 0.3) is 49.7 Å². The molecule has 4 heterocycles. The van der Waals surface area contributed by atoms with E-state index in [1.54, 1.807) is 0 Å². The third-order valence-electron chi connectivity index (χ3n) is 10.6. The molecule has 0 saturated carbocycles. The summed E-state index contributed by atoms with van der Waals surface area (Å²) >= 11 is 0. The number of nitrogens with zero attached hydrogens (tertiary/aromatic N) is 2. The van der Waals surface area contributed by atoms with Crippen molar-refractivity contribution in [3.05, 3.63) is 158 Å². The van der Waals surface area contributed by atoms with Crippen molar-refractivity contribution in [3.63, 3.8) is 0 Å². The normalized spacial score (nSPS) is 13.5. The maximum atomic E-state index is 2.68. The van der Waals surface area contributed by atoms with Gasteiger partial charge in [-0.1, -0.05) is 139 Å². The number of hydrogen-bond donors (Lipinski definition) is 0. The molecule has 3 aliphatic rings. The molecule has 0 N–H and O–H groups in total. The third-order valence-corrected chi connectivity index (χ3v) is 10.6. The number of para-hydroxylation sites is 4. The highest BCUT2D eigenvalue weighted by molar-refractivity contribution is 7.01. The predicted octanol–water partition coefficient (Wildman–Crippen LogP) is 6.52. The number of anilines is 2. The molecule has 46 heavy (non-hydrogen) atoms. The van der Waals surface area contributed by atoms with E-state index in [0.717, 1.165) is 0 Å². The van der Waals surface area contributed by atoms with E-state index in [2.05, 4.69) is 167 Å². The molecule has 4 heteroatoms. The monoisotopic (exact) mass is 580 g/mol. The van der Waals surface area contributed by atoms with Crippen molar-refractivity contribution < 1.29 is 0 Å². The van der Waals surface area contributed by atoms with E-state index >= 15 is 0 Å². The van der Waals surface area contributed by atoms with E-state index in [9.17, 15) is 0 Å². The van der Waals surface area contributed by atoms with Crippen LogP contribution in [0, 0.1) is 0 Å². The number of aromatic nitrogens is 1. The first-order chi connectivity index (χ1) is 22.9. The van der Waals surface area contributed by atoms with Gasteiger partial charge in [-0.25, -0.2) is 0 Å². The lowest BCUT2D eigenvalue weighted by Gasteiger charge is -2.49. The lowest BCUT2D eigenvalue weighted by atomic mass is 9.32. The fraction of sp³-hybridized carbons (Fsp3) is 0. The molecule has 0 spiro atoms. The minimum absolute atomic E-state index is 0.112. The number of rotatable bonds is 2. The van der Waals surface area contributed by atoms with Crippen LogP contribution in [0.5, 0.6) is 0 Å². The number of benzene rings is 7. The minimum atomic E-state index is 0.112. The first-order valence-corrected chi connectivity index (χ1v) is 16.2. The van der Waals surface area contributed by atoms with Crippen molar-refractivity contribution in [2.75, 3.05) is 4.81 Å². The Hall–Kier alpha value is -5.73. The lowest BCUT2D eigenvalue weighted by Crippen LogP contribution is -2.67. The Kier molecular flexibility index (Phi) is 4.77. The molecule has 1 aromatic heterocycles. The van der Waals surface area contributed by atoms with Gasteiger partial charge in [-0.05, 0) is 57.2 Å². The highest BCUT2D eigenvalue weighted by Crippen LogP contribution is 2.46. The zero-order valence-electron chi connectivity index (χ0n) is 25.1. The van der Waals surface area contributed by atoms with Crippen molar-refractivity contribution in [3.8, 4) is 27.9 Å². The Balaban J connectivity index is 1.24. The van der Waals surface area contributed by atoms with Gasteiger partial charge in [0.1, 0.15) is 0 Å². The van der Waals surface area contributed by atoms with Crippen LogP contribution in [0.3, 0.4) is 0 Å². The highest BCUT2D eigenvalue weighted by atomic mass is 15.1. The fourth-order valence-corrected chi connectivity index (χ4v) is 8.89. The molecular formula is C42H26B2N2. The SMILES string of the molecule is c1ccc(-n2c3ccccc3c3cc(B4c5cccc6c5N5B(c7ccccc7-6)c6ccccc6-c6cccc4c65)ccc32)cc1. The Morgan fingerprint density at radius 3 is 1.63 bits per heavy atom. The zero-order valence-corrected chi connectivity index (χ0v) is 25.1. The van der Waals surface area contributed by atoms with Crippen LogP contribution in [0.4, 0.5) is 11.4 Å². The van der Waals surface area contributed by atoms with E-state index in [1.165, 1.54) is 88.4 Å². The molecular weight excluding hydrogens is 554 g/mol.